The van der Waals surface area contributed by atoms with E-state index in [2.05, 4.69) is 4.98 Å². The van der Waals surface area contributed by atoms with E-state index in [1.54, 1.807) is 17.2 Å². The van der Waals surface area contributed by atoms with Crippen LogP contribution < -0.4 is 0 Å². The van der Waals surface area contributed by atoms with Crippen molar-refractivity contribution in [2.24, 2.45) is 5.92 Å². The number of aliphatic hydroxyl groups is 1. The summed E-state index contributed by atoms with van der Waals surface area (Å²) in [5.41, 5.74) is 1.43. The molecule has 0 spiro atoms. The molecule has 5 nitrogen and oxygen atoms in total. The number of carbonyl (C=O) groups excluding carboxylic acids is 1. The summed E-state index contributed by atoms with van der Waals surface area (Å²) in [5, 5.41) is 11.4. The molecule has 1 aliphatic heterocycles. The van der Waals surface area contributed by atoms with Crippen molar-refractivity contribution in [1.82, 2.24) is 9.88 Å². The van der Waals surface area contributed by atoms with Gasteiger partial charge in [0.25, 0.3) is 5.91 Å². The summed E-state index contributed by atoms with van der Waals surface area (Å²) in [6.07, 6.45) is 2.62. The van der Waals surface area contributed by atoms with E-state index in [-0.39, 0.29) is 11.8 Å². The first kappa shape index (κ1) is 15.8. The van der Waals surface area contributed by atoms with Crippen molar-refractivity contribution in [3.05, 3.63) is 66.2 Å². The smallest absolute Gasteiger partial charge is 0.289 e. The van der Waals surface area contributed by atoms with Gasteiger partial charge in [0, 0.05) is 24.7 Å². The van der Waals surface area contributed by atoms with Crippen molar-refractivity contribution in [3.8, 4) is 0 Å². The Hall–Kier alpha value is -2.66. The summed E-state index contributed by atoms with van der Waals surface area (Å²) in [5.74, 6) is 0.418. The van der Waals surface area contributed by atoms with Gasteiger partial charge in [0.05, 0.1) is 11.8 Å². The first-order valence-corrected chi connectivity index (χ1v) is 8.59. The molecule has 0 saturated carbocycles. The van der Waals surface area contributed by atoms with E-state index in [1.807, 2.05) is 42.5 Å². The monoisotopic (exact) mass is 336 g/mol. The van der Waals surface area contributed by atoms with Crippen LogP contribution in [-0.2, 0) is 0 Å². The largest absolute Gasteiger partial charge is 0.451 e. The maximum atomic E-state index is 12.7. The number of aromatic nitrogens is 1. The molecule has 3 heterocycles. The number of para-hydroxylation sites is 1. The number of amides is 1. The van der Waals surface area contributed by atoms with Crippen molar-refractivity contribution < 1.29 is 14.3 Å². The van der Waals surface area contributed by atoms with Crippen molar-refractivity contribution in [2.45, 2.75) is 18.9 Å². The molecule has 2 aromatic heterocycles. The predicted molar refractivity (Wildman–Crippen MR) is 94.0 cm³/mol. The van der Waals surface area contributed by atoms with Crippen LogP contribution in [0.15, 0.2) is 59.1 Å². The van der Waals surface area contributed by atoms with Crippen LogP contribution in [0, 0.1) is 5.92 Å². The number of pyridine rings is 1. The van der Waals surface area contributed by atoms with Crippen molar-refractivity contribution in [1.29, 1.82) is 0 Å². The number of likely N-dealkylation sites (tertiary alicyclic amines) is 1. The van der Waals surface area contributed by atoms with Crippen LogP contribution in [0.4, 0.5) is 0 Å². The van der Waals surface area contributed by atoms with Crippen LogP contribution in [0.5, 0.6) is 0 Å². The Balaban J connectivity index is 1.42. The fourth-order valence-electron chi connectivity index (χ4n) is 3.45. The van der Waals surface area contributed by atoms with E-state index in [1.165, 1.54) is 0 Å². The molecule has 1 fully saturated rings. The summed E-state index contributed by atoms with van der Waals surface area (Å²) in [4.78, 5) is 18.7. The number of nitrogens with zero attached hydrogens (tertiary/aromatic N) is 2. The van der Waals surface area contributed by atoms with Crippen molar-refractivity contribution >= 4 is 16.9 Å². The molecule has 4 rings (SSSR count). The highest BCUT2D eigenvalue weighted by Crippen LogP contribution is 2.30. The summed E-state index contributed by atoms with van der Waals surface area (Å²) in [7, 11) is 0. The standard InChI is InChI=1S/C20H20N2O3/c23-19(16-6-3-4-10-21-16)14-8-11-22(12-9-14)20(24)18-13-15-5-1-2-7-17(15)25-18/h1-7,10,13-14,19,23H,8-9,11-12H2/t19-/m1/s1. The highest BCUT2D eigenvalue weighted by molar-refractivity contribution is 5.96. The molecule has 0 radical (unpaired) electrons. The molecular formula is C20H20N2O3. The molecule has 0 aliphatic carbocycles. The van der Waals surface area contributed by atoms with Gasteiger partial charge in [-0.2, -0.15) is 0 Å². The summed E-state index contributed by atoms with van der Waals surface area (Å²) in [6.45, 7) is 1.23. The normalized spacial score (nSPS) is 16.9. The maximum absolute atomic E-state index is 12.7. The fraction of sp³-hybridized carbons (Fsp3) is 0.300. The van der Waals surface area contributed by atoms with Gasteiger partial charge in [0.2, 0.25) is 0 Å². The van der Waals surface area contributed by atoms with Gasteiger partial charge in [0.1, 0.15) is 5.58 Å². The minimum Gasteiger partial charge on any atom is -0.451 e. The average molecular weight is 336 g/mol. The lowest BCUT2D eigenvalue weighted by atomic mass is 9.89. The van der Waals surface area contributed by atoms with Crippen molar-refractivity contribution in [2.75, 3.05) is 13.1 Å². The number of fused-ring (bicyclic) bond motifs is 1. The highest BCUT2D eigenvalue weighted by atomic mass is 16.3. The van der Waals surface area contributed by atoms with Gasteiger partial charge >= 0.3 is 0 Å². The van der Waals surface area contributed by atoms with E-state index in [0.29, 0.717) is 24.5 Å². The van der Waals surface area contributed by atoms with Crippen LogP contribution in [0.1, 0.15) is 35.2 Å². The molecule has 128 valence electrons. The second-order valence-electron chi connectivity index (χ2n) is 6.48. The topological polar surface area (TPSA) is 66.6 Å². The van der Waals surface area contributed by atoms with Gasteiger partial charge in [-0.1, -0.05) is 24.3 Å². The van der Waals surface area contributed by atoms with E-state index >= 15 is 0 Å². The minimum atomic E-state index is -0.579. The van der Waals surface area contributed by atoms with Gasteiger partial charge in [-0.15, -0.1) is 0 Å². The molecule has 0 bridgehead atoms. The third-order valence-corrected chi connectivity index (χ3v) is 4.90. The Morgan fingerprint density at radius 2 is 1.92 bits per heavy atom. The predicted octanol–water partition coefficient (Wildman–Crippen LogP) is 3.41. The van der Waals surface area contributed by atoms with Crippen LogP contribution in [0.2, 0.25) is 0 Å². The highest BCUT2D eigenvalue weighted by Gasteiger charge is 2.30. The third kappa shape index (κ3) is 3.15. The fourth-order valence-corrected chi connectivity index (χ4v) is 3.45. The molecule has 5 heteroatoms. The number of hydrogen-bond acceptors (Lipinski definition) is 4. The number of hydrogen-bond donors (Lipinski definition) is 1. The number of carbonyl (C=O) groups is 1. The van der Waals surface area contributed by atoms with E-state index in [9.17, 15) is 9.90 Å². The Kier molecular flexibility index (Phi) is 4.24. The van der Waals surface area contributed by atoms with E-state index < -0.39 is 6.10 Å². The number of furan rings is 1. The second kappa shape index (κ2) is 6.69. The molecule has 1 amide bonds. The molecule has 3 aromatic rings. The second-order valence-corrected chi connectivity index (χ2v) is 6.48. The lowest BCUT2D eigenvalue weighted by Crippen LogP contribution is -2.39. The van der Waals surface area contributed by atoms with Crippen LogP contribution in [0.25, 0.3) is 11.0 Å². The number of aliphatic hydroxyl groups excluding tert-OH is 1. The summed E-state index contributed by atoms with van der Waals surface area (Å²) < 4.78 is 5.68. The molecular weight excluding hydrogens is 316 g/mol. The van der Waals surface area contributed by atoms with Crippen LogP contribution in [0.3, 0.4) is 0 Å². The Morgan fingerprint density at radius 1 is 1.16 bits per heavy atom. The molecule has 25 heavy (non-hydrogen) atoms. The summed E-state index contributed by atoms with van der Waals surface area (Å²) in [6, 6.07) is 15.0. The third-order valence-electron chi connectivity index (χ3n) is 4.90. The Labute approximate surface area is 145 Å². The minimum absolute atomic E-state index is 0.0815. The lowest BCUT2D eigenvalue weighted by Gasteiger charge is -2.33. The van der Waals surface area contributed by atoms with Crippen LogP contribution in [-0.4, -0.2) is 34.0 Å². The van der Waals surface area contributed by atoms with Gasteiger partial charge < -0.3 is 14.4 Å². The van der Waals surface area contributed by atoms with E-state index in [0.717, 1.165) is 23.8 Å². The molecule has 0 unspecified atom stereocenters. The zero-order valence-corrected chi connectivity index (χ0v) is 13.8. The van der Waals surface area contributed by atoms with Gasteiger partial charge in [-0.3, -0.25) is 9.78 Å². The first-order valence-electron chi connectivity index (χ1n) is 8.59. The number of piperidine rings is 1. The molecule has 1 atom stereocenters. The number of benzene rings is 1. The molecule has 1 aliphatic rings. The zero-order chi connectivity index (χ0) is 17.2. The quantitative estimate of drug-likeness (QED) is 0.796. The Bertz CT molecular complexity index is 834. The van der Waals surface area contributed by atoms with Crippen molar-refractivity contribution in [3.63, 3.8) is 0 Å². The maximum Gasteiger partial charge on any atom is 0.289 e. The van der Waals surface area contributed by atoms with E-state index in [4.69, 9.17) is 4.42 Å². The van der Waals surface area contributed by atoms with Gasteiger partial charge in [-0.05, 0) is 43.0 Å². The number of rotatable bonds is 3. The molecule has 1 aromatic carbocycles. The molecule has 1 saturated heterocycles. The average Bonchev–Trinajstić information content (AvgIpc) is 3.12. The zero-order valence-electron chi connectivity index (χ0n) is 13.8. The van der Waals surface area contributed by atoms with Gasteiger partial charge in [-0.25, -0.2) is 0 Å². The Morgan fingerprint density at radius 3 is 2.64 bits per heavy atom. The van der Waals surface area contributed by atoms with Gasteiger partial charge in [0.15, 0.2) is 5.76 Å². The molecule has 1 N–H and O–H groups in total. The SMILES string of the molecule is O=C(c1cc2ccccc2o1)N1CCC([C@@H](O)c2ccccn2)CC1. The summed E-state index contributed by atoms with van der Waals surface area (Å²) >= 11 is 0. The van der Waals surface area contributed by atoms with Crippen LogP contribution >= 0.6 is 0 Å². The lowest BCUT2D eigenvalue weighted by molar-refractivity contribution is 0.0430. The first-order chi connectivity index (χ1) is 12.2.